The number of carbonyl (C=O) groups is 2. The van der Waals surface area contributed by atoms with Crippen LogP contribution in [0.15, 0.2) is 18.2 Å². The molecule has 1 aromatic carbocycles. The predicted octanol–water partition coefficient (Wildman–Crippen LogP) is 2.84. The summed E-state index contributed by atoms with van der Waals surface area (Å²) in [5, 5.41) is 3.31. The Kier molecular flexibility index (Phi) is 6.36. The van der Waals surface area contributed by atoms with E-state index in [1.807, 2.05) is 13.8 Å². The van der Waals surface area contributed by atoms with Gasteiger partial charge in [0.2, 0.25) is 0 Å². The second-order valence-electron chi connectivity index (χ2n) is 4.17. The number of nitrogens with one attached hydrogen (secondary N) is 1. The lowest BCUT2D eigenvalue weighted by Crippen LogP contribution is -2.37. The SMILES string of the molecule is CCC(CC)NC(=O)COc1ccc(Cl)cc1C=O. The second kappa shape index (κ2) is 7.79. The van der Waals surface area contributed by atoms with Gasteiger partial charge < -0.3 is 10.1 Å². The average Bonchev–Trinajstić information content (AvgIpc) is 2.43. The van der Waals surface area contributed by atoms with Crippen LogP contribution < -0.4 is 10.1 Å². The van der Waals surface area contributed by atoms with Crippen LogP contribution in [0.2, 0.25) is 5.02 Å². The summed E-state index contributed by atoms with van der Waals surface area (Å²) in [6.07, 6.45) is 2.41. The van der Waals surface area contributed by atoms with E-state index >= 15 is 0 Å². The fourth-order valence-electron chi connectivity index (χ4n) is 1.65. The van der Waals surface area contributed by atoms with Crippen molar-refractivity contribution in [3.05, 3.63) is 28.8 Å². The maximum Gasteiger partial charge on any atom is 0.258 e. The van der Waals surface area contributed by atoms with Crippen molar-refractivity contribution < 1.29 is 14.3 Å². The molecule has 104 valence electrons. The fourth-order valence-corrected chi connectivity index (χ4v) is 1.83. The number of ether oxygens (including phenoxy) is 1. The number of hydrogen-bond donors (Lipinski definition) is 1. The van der Waals surface area contributed by atoms with Crippen LogP contribution in [0.4, 0.5) is 0 Å². The highest BCUT2D eigenvalue weighted by Crippen LogP contribution is 2.21. The molecule has 0 unspecified atom stereocenters. The van der Waals surface area contributed by atoms with Crippen LogP contribution in [0.25, 0.3) is 0 Å². The molecule has 0 radical (unpaired) electrons. The molecule has 0 bridgehead atoms. The van der Waals surface area contributed by atoms with Gasteiger partial charge in [0.25, 0.3) is 5.91 Å². The van der Waals surface area contributed by atoms with Crippen molar-refractivity contribution in [1.82, 2.24) is 5.32 Å². The van der Waals surface area contributed by atoms with Crippen molar-refractivity contribution >= 4 is 23.8 Å². The smallest absolute Gasteiger partial charge is 0.258 e. The zero-order chi connectivity index (χ0) is 14.3. The highest BCUT2D eigenvalue weighted by Gasteiger charge is 2.10. The highest BCUT2D eigenvalue weighted by molar-refractivity contribution is 6.30. The fraction of sp³-hybridized carbons (Fsp3) is 0.429. The van der Waals surface area contributed by atoms with Crippen LogP contribution >= 0.6 is 11.6 Å². The lowest BCUT2D eigenvalue weighted by Gasteiger charge is -2.15. The van der Waals surface area contributed by atoms with Crippen LogP contribution in [0.1, 0.15) is 37.0 Å². The molecule has 4 nitrogen and oxygen atoms in total. The molecule has 19 heavy (non-hydrogen) atoms. The van der Waals surface area contributed by atoms with Crippen molar-refractivity contribution in [2.75, 3.05) is 6.61 Å². The van der Waals surface area contributed by atoms with Gasteiger partial charge in [-0.15, -0.1) is 0 Å². The van der Waals surface area contributed by atoms with E-state index in [4.69, 9.17) is 16.3 Å². The van der Waals surface area contributed by atoms with Crippen LogP contribution in [0, 0.1) is 0 Å². The molecular formula is C14H18ClNO3. The molecule has 0 saturated heterocycles. The van der Waals surface area contributed by atoms with Gasteiger partial charge in [-0.25, -0.2) is 0 Å². The zero-order valence-corrected chi connectivity index (χ0v) is 11.9. The normalized spacial score (nSPS) is 10.3. The minimum Gasteiger partial charge on any atom is -0.483 e. The Bertz CT molecular complexity index is 444. The Labute approximate surface area is 118 Å². The molecule has 0 aliphatic carbocycles. The molecule has 1 rings (SSSR count). The number of aldehydes is 1. The molecule has 5 heteroatoms. The third kappa shape index (κ3) is 4.91. The molecule has 0 saturated carbocycles. The van der Waals surface area contributed by atoms with Crippen molar-refractivity contribution in [2.45, 2.75) is 32.7 Å². The van der Waals surface area contributed by atoms with Gasteiger partial charge in [0, 0.05) is 11.1 Å². The summed E-state index contributed by atoms with van der Waals surface area (Å²) < 4.78 is 5.33. The molecule has 1 aromatic rings. The molecule has 0 aliphatic heterocycles. The monoisotopic (exact) mass is 283 g/mol. The summed E-state index contributed by atoms with van der Waals surface area (Å²) >= 11 is 5.77. The lowest BCUT2D eigenvalue weighted by atomic mass is 10.2. The van der Waals surface area contributed by atoms with Crippen LogP contribution in [0.5, 0.6) is 5.75 Å². The third-order valence-corrected chi connectivity index (χ3v) is 3.04. The Hall–Kier alpha value is -1.55. The summed E-state index contributed by atoms with van der Waals surface area (Å²) in [5.74, 6) is 0.166. The zero-order valence-electron chi connectivity index (χ0n) is 11.1. The molecule has 0 heterocycles. The summed E-state index contributed by atoms with van der Waals surface area (Å²) in [6, 6.07) is 4.86. The van der Waals surface area contributed by atoms with Crippen molar-refractivity contribution in [3.8, 4) is 5.75 Å². The number of carbonyl (C=O) groups excluding carboxylic acids is 2. The summed E-state index contributed by atoms with van der Waals surface area (Å²) in [7, 11) is 0. The van der Waals surface area contributed by atoms with Gasteiger partial charge in [0.15, 0.2) is 12.9 Å². The number of hydrogen-bond acceptors (Lipinski definition) is 3. The maximum atomic E-state index is 11.7. The van der Waals surface area contributed by atoms with Gasteiger partial charge in [-0.1, -0.05) is 25.4 Å². The van der Waals surface area contributed by atoms with E-state index in [0.717, 1.165) is 12.8 Å². The Morgan fingerprint density at radius 1 is 1.42 bits per heavy atom. The Morgan fingerprint density at radius 2 is 2.11 bits per heavy atom. The Balaban J connectivity index is 2.57. The van der Waals surface area contributed by atoms with Gasteiger partial charge >= 0.3 is 0 Å². The van der Waals surface area contributed by atoms with Gasteiger partial charge in [-0.2, -0.15) is 0 Å². The van der Waals surface area contributed by atoms with Crippen LogP contribution in [0.3, 0.4) is 0 Å². The largest absolute Gasteiger partial charge is 0.483 e. The van der Waals surface area contributed by atoms with E-state index in [2.05, 4.69) is 5.32 Å². The number of rotatable bonds is 7. The van der Waals surface area contributed by atoms with Gasteiger partial charge in [-0.05, 0) is 31.0 Å². The first-order valence-corrected chi connectivity index (χ1v) is 6.65. The first-order chi connectivity index (χ1) is 9.10. The predicted molar refractivity (Wildman–Crippen MR) is 74.8 cm³/mol. The van der Waals surface area contributed by atoms with Crippen LogP contribution in [-0.2, 0) is 4.79 Å². The molecule has 0 aliphatic rings. The molecule has 0 fully saturated rings. The highest BCUT2D eigenvalue weighted by atomic mass is 35.5. The summed E-state index contributed by atoms with van der Waals surface area (Å²) in [4.78, 5) is 22.5. The van der Waals surface area contributed by atoms with E-state index in [0.29, 0.717) is 22.6 Å². The first kappa shape index (κ1) is 15.5. The maximum absolute atomic E-state index is 11.7. The van der Waals surface area contributed by atoms with Crippen molar-refractivity contribution in [3.63, 3.8) is 0 Å². The number of amides is 1. The van der Waals surface area contributed by atoms with E-state index in [-0.39, 0.29) is 18.6 Å². The Morgan fingerprint density at radius 3 is 2.68 bits per heavy atom. The van der Waals surface area contributed by atoms with Crippen LogP contribution in [-0.4, -0.2) is 24.8 Å². The van der Waals surface area contributed by atoms with E-state index in [1.54, 1.807) is 12.1 Å². The minimum atomic E-state index is -0.194. The van der Waals surface area contributed by atoms with Gasteiger partial charge in [0.1, 0.15) is 5.75 Å². The van der Waals surface area contributed by atoms with E-state index in [1.165, 1.54) is 6.07 Å². The van der Waals surface area contributed by atoms with Crippen molar-refractivity contribution in [1.29, 1.82) is 0 Å². The molecule has 0 spiro atoms. The summed E-state index contributed by atoms with van der Waals surface area (Å²) in [5.41, 5.74) is 0.336. The standard InChI is InChI=1S/C14H18ClNO3/c1-3-12(4-2)16-14(18)9-19-13-6-5-11(15)7-10(13)8-17/h5-8,12H,3-4,9H2,1-2H3,(H,16,18). The van der Waals surface area contributed by atoms with Gasteiger partial charge in [-0.3, -0.25) is 9.59 Å². The average molecular weight is 284 g/mol. The topological polar surface area (TPSA) is 55.4 Å². The molecular weight excluding hydrogens is 266 g/mol. The third-order valence-electron chi connectivity index (χ3n) is 2.81. The second-order valence-corrected chi connectivity index (χ2v) is 4.61. The summed E-state index contributed by atoms with van der Waals surface area (Å²) in [6.45, 7) is 3.91. The van der Waals surface area contributed by atoms with Crippen molar-refractivity contribution in [2.24, 2.45) is 0 Å². The molecule has 0 atom stereocenters. The van der Waals surface area contributed by atoms with E-state index in [9.17, 15) is 9.59 Å². The molecule has 1 N–H and O–H groups in total. The van der Waals surface area contributed by atoms with E-state index < -0.39 is 0 Å². The molecule has 0 aromatic heterocycles. The number of halogens is 1. The quantitative estimate of drug-likeness (QED) is 0.783. The molecule has 1 amide bonds. The lowest BCUT2D eigenvalue weighted by molar-refractivity contribution is -0.123. The number of benzene rings is 1. The first-order valence-electron chi connectivity index (χ1n) is 6.27. The van der Waals surface area contributed by atoms with Gasteiger partial charge in [0.05, 0.1) is 5.56 Å². The minimum absolute atomic E-state index is 0.112.